The zero-order chi connectivity index (χ0) is 21.6. The Morgan fingerprint density at radius 2 is 1.67 bits per heavy atom. The fraction of sp³-hybridized carbons (Fsp3) is 0.130. The molecule has 0 atom stereocenters. The van der Waals surface area contributed by atoms with Gasteiger partial charge in [-0.1, -0.05) is 76.6 Å². The van der Waals surface area contributed by atoms with E-state index in [1.54, 1.807) is 72.8 Å². The number of amides is 1. The third-order valence-corrected chi connectivity index (χ3v) is 4.91. The second-order valence-corrected chi connectivity index (χ2v) is 7.33. The van der Waals surface area contributed by atoms with E-state index in [1.165, 1.54) is 6.21 Å². The van der Waals surface area contributed by atoms with Crippen molar-refractivity contribution in [3.8, 4) is 11.5 Å². The molecule has 0 unspecified atom stereocenters. The lowest BCUT2D eigenvalue weighted by Gasteiger charge is -2.27. The third kappa shape index (κ3) is 4.53. The van der Waals surface area contributed by atoms with Gasteiger partial charge in [0.1, 0.15) is 0 Å². The largest absolute Gasteiger partial charge is 0.504 e. The molecule has 154 valence electrons. The van der Waals surface area contributed by atoms with Crippen LogP contribution in [0.2, 0.25) is 0 Å². The molecule has 0 radical (unpaired) electrons. The molecule has 3 aromatic rings. The topological polar surface area (TPSA) is 91.2 Å². The van der Waals surface area contributed by atoms with Gasteiger partial charge in [-0.2, -0.15) is 5.10 Å². The number of hydrazone groups is 1. The average molecular weight is 469 g/mol. The molecule has 0 aliphatic heterocycles. The normalized spacial score (nSPS) is 11.4. The predicted molar refractivity (Wildman–Crippen MR) is 119 cm³/mol. The van der Waals surface area contributed by atoms with Gasteiger partial charge in [0.2, 0.25) is 0 Å². The van der Waals surface area contributed by atoms with Crippen LogP contribution in [0, 0.1) is 0 Å². The summed E-state index contributed by atoms with van der Waals surface area (Å²) in [7, 11) is 0. The minimum absolute atomic E-state index is 0.0978. The SMILES string of the molecule is CCOc1cc(Br)cc(/C=N\NC(=O)C(O)(c2ccccc2)c2ccccc2)c1O. The first-order chi connectivity index (χ1) is 14.5. The van der Waals surface area contributed by atoms with Crippen molar-refractivity contribution in [2.75, 3.05) is 6.61 Å². The van der Waals surface area contributed by atoms with Crippen LogP contribution in [-0.4, -0.2) is 28.9 Å². The molecule has 0 spiro atoms. The lowest BCUT2D eigenvalue weighted by atomic mass is 9.85. The summed E-state index contributed by atoms with van der Waals surface area (Å²) < 4.78 is 6.07. The number of phenolic OH excluding ortho intramolecular Hbond substituents is 1. The highest BCUT2D eigenvalue weighted by molar-refractivity contribution is 9.10. The molecule has 6 nitrogen and oxygen atoms in total. The van der Waals surface area contributed by atoms with Gasteiger partial charge in [0, 0.05) is 10.0 Å². The van der Waals surface area contributed by atoms with E-state index in [0.29, 0.717) is 33.5 Å². The number of benzene rings is 3. The summed E-state index contributed by atoms with van der Waals surface area (Å²) in [5, 5.41) is 25.6. The number of nitrogens with zero attached hydrogens (tertiary/aromatic N) is 1. The van der Waals surface area contributed by atoms with Crippen molar-refractivity contribution in [1.82, 2.24) is 5.43 Å². The van der Waals surface area contributed by atoms with Gasteiger partial charge in [-0.25, -0.2) is 5.43 Å². The first-order valence-corrected chi connectivity index (χ1v) is 10.1. The van der Waals surface area contributed by atoms with Crippen LogP contribution >= 0.6 is 15.9 Å². The van der Waals surface area contributed by atoms with Crippen LogP contribution in [0.25, 0.3) is 0 Å². The second-order valence-electron chi connectivity index (χ2n) is 6.42. The number of ether oxygens (including phenoxy) is 1. The van der Waals surface area contributed by atoms with Gasteiger partial charge >= 0.3 is 0 Å². The van der Waals surface area contributed by atoms with E-state index < -0.39 is 11.5 Å². The van der Waals surface area contributed by atoms with Crippen molar-refractivity contribution in [1.29, 1.82) is 0 Å². The van der Waals surface area contributed by atoms with Crippen LogP contribution in [0.4, 0.5) is 0 Å². The molecule has 3 rings (SSSR count). The number of phenols is 1. The van der Waals surface area contributed by atoms with Crippen LogP contribution in [0.5, 0.6) is 11.5 Å². The molecule has 30 heavy (non-hydrogen) atoms. The molecule has 1 amide bonds. The maximum atomic E-state index is 13.0. The van der Waals surface area contributed by atoms with E-state index in [1.807, 2.05) is 6.92 Å². The Kier molecular flexibility index (Phi) is 6.87. The van der Waals surface area contributed by atoms with Crippen LogP contribution in [-0.2, 0) is 10.4 Å². The number of halogens is 1. The quantitative estimate of drug-likeness (QED) is 0.361. The van der Waals surface area contributed by atoms with Gasteiger partial charge in [-0.15, -0.1) is 0 Å². The minimum atomic E-state index is -1.93. The Morgan fingerprint density at radius 1 is 1.10 bits per heavy atom. The van der Waals surface area contributed by atoms with Crippen molar-refractivity contribution in [2.24, 2.45) is 5.10 Å². The fourth-order valence-corrected chi connectivity index (χ4v) is 3.44. The highest BCUT2D eigenvalue weighted by atomic mass is 79.9. The fourth-order valence-electron chi connectivity index (χ4n) is 2.99. The lowest BCUT2D eigenvalue weighted by molar-refractivity contribution is -0.136. The van der Waals surface area contributed by atoms with Gasteiger partial charge in [-0.3, -0.25) is 4.79 Å². The molecule has 0 aliphatic carbocycles. The monoisotopic (exact) mass is 468 g/mol. The maximum absolute atomic E-state index is 13.0. The molecule has 0 aromatic heterocycles. The van der Waals surface area contributed by atoms with Gasteiger partial charge in [0.05, 0.1) is 12.8 Å². The third-order valence-electron chi connectivity index (χ3n) is 4.45. The van der Waals surface area contributed by atoms with E-state index in [9.17, 15) is 15.0 Å². The molecule has 0 aliphatic rings. The Morgan fingerprint density at radius 3 is 2.20 bits per heavy atom. The molecule has 0 saturated carbocycles. The number of nitrogens with one attached hydrogen (secondary N) is 1. The highest BCUT2D eigenvalue weighted by Crippen LogP contribution is 2.33. The molecule has 7 heteroatoms. The number of carbonyl (C=O) groups is 1. The Bertz CT molecular complexity index is 1000. The maximum Gasteiger partial charge on any atom is 0.281 e. The van der Waals surface area contributed by atoms with Gasteiger partial charge in [0.15, 0.2) is 17.1 Å². The van der Waals surface area contributed by atoms with E-state index >= 15 is 0 Å². The smallest absolute Gasteiger partial charge is 0.281 e. The summed E-state index contributed by atoms with van der Waals surface area (Å²) in [5.74, 6) is -0.528. The van der Waals surface area contributed by atoms with Crippen LogP contribution in [0.15, 0.2) is 82.4 Å². The zero-order valence-electron chi connectivity index (χ0n) is 16.2. The van der Waals surface area contributed by atoms with Crippen molar-refractivity contribution >= 4 is 28.1 Å². The molecule has 0 fully saturated rings. The summed E-state index contributed by atoms with van der Waals surface area (Å²) in [6.07, 6.45) is 1.29. The summed E-state index contributed by atoms with van der Waals surface area (Å²) in [6.45, 7) is 2.20. The number of hydrogen-bond donors (Lipinski definition) is 3. The van der Waals surface area contributed by atoms with E-state index in [-0.39, 0.29) is 5.75 Å². The number of aromatic hydroxyl groups is 1. The molecular formula is C23H21BrN2O4. The Hall–Kier alpha value is -3.16. The Labute approximate surface area is 183 Å². The predicted octanol–water partition coefficient (Wildman–Crippen LogP) is 3.94. The van der Waals surface area contributed by atoms with Crippen molar-refractivity contribution in [3.05, 3.63) is 94.0 Å². The van der Waals surface area contributed by atoms with E-state index in [2.05, 4.69) is 26.5 Å². The van der Waals surface area contributed by atoms with Crippen molar-refractivity contribution in [2.45, 2.75) is 12.5 Å². The standard InChI is InChI=1S/C23H21BrN2O4/c1-2-30-20-14-19(24)13-16(21(20)27)15-25-26-22(28)23(29,17-9-5-3-6-10-17)18-11-7-4-8-12-18/h3-15,27,29H,2H2,1H3,(H,26,28)/b25-15-. The zero-order valence-corrected chi connectivity index (χ0v) is 17.8. The van der Waals surface area contributed by atoms with E-state index in [4.69, 9.17) is 4.74 Å². The Balaban J connectivity index is 1.90. The molecule has 3 N–H and O–H groups in total. The molecule has 3 aromatic carbocycles. The van der Waals surface area contributed by atoms with Gasteiger partial charge in [0.25, 0.3) is 5.91 Å². The average Bonchev–Trinajstić information content (AvgIpc) is 2.77. The summed E-state index contributed by atoms with van der Waals surface area (Å²) in [5.41, 5.74) is 1.61. The first-order valence-electron chi connectivity index (χ1n) is 9.29. The molecule has 0 saturated heterocycles. The number of aliphatic hydroxyl groups is 1. The second kappa shape index (κ2) is 9.56. The molecular weight excluding hydrogens is 448 g/mol. The summed E-state index contributed by atoms with van der Waals surface area (Å²) in [6, 6.07) is 20.5. The lowest BCUT2D eigenvalue weighted by Crippen LogP contribution is -2.43. The van der Waals surface area contributed by atoms with Crippen LogP contribution in [0.1, 0.15) is 23.6 Å². The number of carbonyl (C=O) groups excluding carboxylic acids is 1. The molecule has 0 heterocycles. The molecule has 0 bridgehead atoms. The van der Waals surface area contributed by atoms with Gasteiger partial charge in [-0.05, 0) is 30.2 Å². The van der Waals surface area contributed by atoms with Crippen LogP contribution < -0.4 is 10.2 Å². The van der Waals surface area contributed by atoms with Gasteiger partial charge < -0.3 is 14.9 Å². The van der Waals surface area contributed by atoms with Crippen molar-refractivity contribution < 1.29 is 19.7 Å². The van der Waals surface area contributed by atoms with Crippen LogP contribution in [0.3, 0.4) is 0 Å². The minimum Gasteiger partial charge on any atom is -0.504 e. The van der Waals surface area contributed by atoms with Crippen molar-refractivity contribution in [3.63, 3.8) is 0 Å². The number of rotatable bonds is 7. The summed E-state index contributed by atoms with van der Waals surface area (Å²) in [4.78, 5) is 13.0. The summed E-state index contributed by atoms with van der Waals surface area (Å²) >= 11 is 3.35. The number of hydrogen-bond acceptors (Lipinski definition) is 5. The highest BCUT2D eigenvalue weighted by Gasteiger charge is 2.39. The first kappa shape index (κ1) is 21.5. The van der Waals surface area contributed by atoms with E-state index in [0.717, 1.165) is 0 Å².